The van der Waals surface area contributed by atoms with Crippen LogP contribution in [0.3, 0.4) is 0 Å². The number of nitrogens with zero attached hydrogens (tertiary/aromatic N) is 2. The Morgan fingerprint density at radius 3 is 2.43 bits per heavy atom. The second-order valence-corrected chi connectivity index (χ2v) is 7.18. The van der Waals surface area contributed by atoms with Gasteiger partial charge in [0.05, 0.1) is 17.2 Å². The normalized spacial score (nSPS) is 17.8. The molecule has 0 aromatic rings. The molecule has 1 saturated carbocycles. The third-order valence-electron chi connectivity index (χ3n) is 3.40. The Labute approximate surface area is 123 Å². The zero-order valence-corrected chi connectivity index (χ0v) is 12.8. The smallest absolute Gasteiger partial charge is 0.321 e. The van der Waals surface area contributed by atoms with E-state index in [9.17, 15) is 18.0 Å². The summed E-state index contributed by atoms with van der Waals surface area (Å²) in [6.07, 6.45) is 1.01. The first kappa shape index (κ1) is 17.4. The van der Waals surface area contributed by atoms with Crippen LogP contribution < -0.4 is 5.32 Å². The Hall–Kier alpha value is -1.66. The number of carbonyl (C=O) groups is 2. The van der Waals surface area contributed by atoms with Crippen molar-refractivity contribution in [3.05, 3.63) is 0 Å². The minimum Gasteiger partial charge on any atom is -0.480 e. The molecule has 0 bridgehead atoms. The fourth-order valence-electron chi connectivity index (χ4n) is 1.91. The lowest BCUT2D eigenvalue weighted by Gasteiger charge is -2.26. The Kier molecular flexibility index (Phi) is 5.31. The third kappa shape index (κ3) is 4.68. The van der Waals surface area contributed by atoms with Gasteiger partial charge in [-0.05, 0) is 19.8 Å². The predicted molar refractivity (Wildman–Crippen MR) is 73.6 cm³/mol. The van der Waals surface area contributed by atoms with Crippen molar-refractivity contribution in [1.29, 1.82) is 5.26 Å². The molecule has 0 radical (unpaired) electrons. The van der Waals surface area contributed by atoms with Gasteiger partial charge in [0, 0.05) is 20.0 Å². The highest BCUT2D eigenvalue weighted by Crippen LogP contribution is 2.46. The molecular formula is C12H19N3O5S. The van der Waals surface area contributed by atoms with Crippen LogP contribution in [0.15, 0.2) is 0 Å². The summed E-state index contributed by atoms with van der Waals surface area (Å²) in [5.74, 6) is -1.98. The fraction of sp³-hybridized carbons (Fsp3) is 0.750. The van der Waals surface area contributed by atoms with Crippen LogP contribution in [0.5, 0.6) is 0 Å². The molecule has 0 heterocycles. The predicted octanol–water partition coefficient (Wildman–Crippen LogP) is -0.469. The monoisotopic (exact) mass is 317 g/mol. The fourth-order valence-corrected chi connectivity index (χ4v) is 4.07. The van der Waals surface area contributed by atoms with Crippen molar-refractivity contribution in [3.8, 4) is 6.07 Å². The van der Waals surface area contributed by atoms with E-state index < -0.39 is 27.4 Å². The first-order valence-electron chi connectivity index (χ1n) is 6.51. The maximum Gasteiger partial charge on any atom is 0.321 e. The SMILES string of the molecule is CC(=O)NCCN(C(C)C(=O)O)S(=O)(=O)CC1(C#N)CC1. The summed E-state index contributed by atoms with van der Waals surface area (Å²) in [5, 5.41) is 20.5. The van der Waals surface area contributed by atoms with Crippen LogP contribution in [-0.4, -0.2) is 54.6 Å². The van der Waals surface area contributed by atoms with Crippen molar-refractivity contribution < 1.29 is 23.1 Å². The minimum absolute atomic E-state index is 0.0196. The average Bonchev–Trinajstić information content (AvgIpc) is 3.12. The molecule has 1 unspecified atom stereocenters. The molecule has 0 saturated heterocycles. The van der Waals surface area contributed by atoms with Crippen molar-refractivity contribution in [1.82, 2.24) is 9.62 Å². The van der Waals surface area contributed by atoms with E-state index in [4.69, 9.17) is 10.4 Å². The van der Waals surface area contributed by atoms with Crippen LogP contribution in [0.1, 0.15) is 26.7 Å². The molecule has 0 spiro atoms. The van der Waals surface area contributed by atoms with E-state index in [1.165, 1.54) is 13.8 Å². The standard InChI is InChI=1S/C12H19N3O5S/c1-9(11(17)18)15(6-5-14-10(2)16)21(19,20)8-12(7-13)3-4-12/h9H,3-6,8H2,1-2H3,(H,14,16)(H,17,18). The molecule has 1 rings (SSSR count). The van der Waals surface area contributed by atoms with Crippen LogP contribution in [0.4, 0.5) is 0 Å². The number of amides is 1. The van der Waals surface area contributed by atoms with Crippen molar-refractivity contribution >= 4 is 21.9 Å². The molecule has 0 aliphatic heterocycles. The number of hydrogen-bond acceptors (Lipinski definition) is 5. The van der Waals surface area contributed by atoms with Crippen LogP contribution in [-0.2, 0) is 19.6 Å². The van der Waals surface area contributed by atoms with Gasteiger partial charge in [-0.1, -0.05) is 0 Å². The van der Waals surface area contributed by atoms with Crippen molar-refractivity contribution in [2.45, 2.75) is 32.7 Å². The lowest BCUT2D eigenvalue weighted by molar-refractivity contribution is -0.140. The number of nitrogens with one attached hydrogen (secondary N) is 1. The van der Waals surface area contributed by atoms with Crippen LogP contribution >= 0.6 is 0 Å². The quantitative estimate of drug-likeness (QED) is 0.623. The first-order valence-corrected chi connectivity index (χ1v) is 8.12. The lowest BCUT2D eigenvalue weighted by Crippen LogP contribution is -2.48. The number of carboxylic acid groups (broad SMARTS) is 1. The number of aliphatic carboxylic acids is 1. The Morgan fingerprint density at radius 2 is 2.05 bits per heavy atom. The topological polar surface area (TPSA) is 128 Å². The second kappa shape index (κ2) is 6.41. The number of sulfonamides is 1. The maximum absolute atomic E-state index is 12.4. The molecule has 8 nitrogen and oxygen atoms in total. The van der Waals surface area contributed by atoms with Crippen molar-refractivity contribution in [3.63, 3.8) is 0 Å². The molecule has 1 aliphatic carbocycles. The molecule has 2 N–H and O–H groups in total. The van der Waals surface area contributed by atoms with Gasteiger partial charge in [-0.3, -0.25) is 9.59 Å². The van der Waals surface area contributed by atoms with Gasteiger partial charge in [0.15, 0.2) is 0 Å². The summed E-state index contributed by atoms with van der Waals surface area (Å²) in [6, 6.07) is 0.731. The van der Waals surface area contributed by atoms with Gasteiger partial charge in [0.1, 0.15) is 6.04 Å². The summed E-state index contributed by atoms with van der Waals surface area (Å²) >= 11 is 0. The molecule has 1 atom stereocenters. The van der Waals surface area contributed by atoms with Gasteiger partial charge in [-0.25, -0.2) is 8.42 Å². The summed E-state index contributed by atoms with van der Waals surface area (Å²) in [6.45, 7) is 2.43. The Bertz CT molecular complexity index is 562. The number of hydrogen-bond donors (Lipinski definition) is 2. The molecular weight excluding hydrogens is 298 g/mol. The number of rotatable bonds is 8. The number of carboxylic acids is 1. The van der Waals surface area contributed by atoms with E-state index >= 15 is 0 Å². The third-order valence-corrected chi connectivity index (χ3v) is 5.53. The van der Waals surface area contributed by atoms with Gasteiger partial charge < -0.3 is 10.4 Å². The van der Waals surface area contributed by atoms with Gasteiger partial charge >= 0.3 is 5.97 Å². The molecule has 1 amide bonds. The second-order valence-electron chi connectivity index (χ2n) is 5.26. The lowest BCUT2D eigenvalue weighted by atomic mass is 10.2. The molecule has 21 heavy (non-hydrogen) atoms. The highest BCUT2D eigenvalue weighted by Gasteiger charge is 2.49. The van der Waals surface area contributed by atoms with E-state index in [0.717, 1.165) is 4.31 Å². The molecule has 9 heteroatoms. The highest BCUT2D eigenvalue weighted by molar-refractivity contribution is 7.89. The van der Waals surface area contributed by atoms with Crippen molar-refractivity contribution in [2.24, 2.45) is 5.41 Å². The van der Waals surface area contributed by atoms with E-state index in [0.29, 0.717) is 12.8 Å². The summed E-state index contributed by atoms with van der Waals surface area (Å²) in [5.41, 5.74) is -0.886. The van der Waals surface area contributed by atoms with Crippen molar-refractivity contribution in [2.75, 3.05) is 18.8 Å². The summed E-state index contributed by atoms with van der Waals surface area (Å²) < 4.78 is 25.6. The van der Waals surface area contributed by atoms with E-state index in [-0.39, 0.29) is 24.7 Å². The Morgan fingerprint density at radius 1 is 1.48 bits per heavy atom. The average molecular weight is 317 g/mol. The minimum atomic E-state index is -3.89. The Balaban J connectivity index is 2.86. The molecule has 118 valence electrons. The van der Waals surface area contributed by atoms with Crippen LogP contribution in [0.25, 0.3) is 0 Å². The van der Waals surface area contributed by atoms with E-state index in [2.05, 4.69) is 5.32 Å². The van der Waals surface area contributed by atoms with Crippen LogP contribution in [0, 0.1) is 16.7 Å². The molecule has 0 aromatic heterocycles. The van der Waals surface area contributed by atoms with Gasteiger partial charge in [0.25, 0.3) is 0 Å². The van der Waals surface area contributed by atoms with Crippen LogP contribution in [0.2, 0.25) is 0 Å². The first-order chi connectivity index (χ1) is 9.63. The maximum atomic E-state index is 12.4. The van der Waals surface area contributed by atoms with Gasteiger partial charge in [0.2, 0.25) is 15.9 Å². The summed E-state index contributed by atoms with van der Waals surface area (Å²) in [4.78, 5) is 21.9. The highest BCUT2D eigenvalue weighted by atomic mass is 32.2. The van der Waals surface area contributed by atoms with Gasteiger partial charge in [-0.2, -0.15) is 9.57 Å². The largest absolute Gasteiger partial charge is 0.480 e. The zero-order chi connectivity index (χ0) is 16.3. The molecule has 1 fully saturated rings. The molecule has 0 aromatic carbocycles. The zero-order valence-electron chi connectivity index (χ0n) is 12.0. The molecule has 1 aliphatic rings. The number of carbonyl (C=O) groups excluding carboxylic acids is 1. The summed E-state index contributed by atoms with van der Waals surface area (Å²) in [7, 11) is -3.89. The number of nitriles is 1. The van der Waals surface area contributed by atoms with E-state index in [1.54, 1.807) is 0 Å². The van der Waals surface area contributed by atoms with Gasteiger partial charge in [-0.15, -0.1) is 0 Å². The van der Waals surface area contributed by atoms with E-state index in [1.807, 2.05) is 6.07 Å².